The van der Waals surface area contributed by atoms with Crippen molar-refractivity contribution in [2.24, 2.45) is 17.2 Å². The first-order valence-corrected chi connectivity index (χ1v) is 5.68. The van der Waals surface area contributed by atoms with Crippen LogP contribution in [0.15, 0.2) is 24.3 Å². The van der Waals surface area contributed by atoms with Gasteiger partial charge < -0.3 is 11.1 Å². The van der Waals surface area contributed by atoms with Gasteiger partial charge >= 0.3 is 0 Å². The lowest BCUT2D eigenvalue weighted by molar-refractivity contribution is -0.119. The standard InChI is InChI=1S/C12H20N4O/c1-2-11(17)10(13)7-8-3-5-9(6-4-8)16-12(14)15/h3-6,10,12,16H,2,7,13-15H2,1H3. The molecule has 5 nitrogen and oxygen atoms in total. The van der Waals surface area contributed by atoms with Gasteiger partial charge in [-0.1, -0.05) is 19.1 Å². The average Bonchev–Trinajstić information content (AvgIpc) is 2.30. The highest BCUT2D eigenvalue weighted by molar-refractivity contribution is 5.83. The smallest absolute Gasteiger partial charge is 0.149 e. The summed E-state index contributed by atoms with van der Waals surface area (Å²) in [5, 5.41) is 2.88. The molecule has 0 bridgehead atoms. The Morgan fingerprint density at radius 1 is 1.24 bits per heavy atom. The minimum Gasteiger partial charge on any atom is -0.358 e. The van der Waals surface area contributed by atoms with Crippen molar-refractivity contribution in [2.75, 3.05) is 5.32 Å². The van der Waals surface area contributed by atoms with Gasteiger partial charge in [-0.15, -0.1) is 0 Å². The van der Waals surface area contributed by atoms with Gasteiger partial charge in [0.15, 0.2) is 0 Å². The van der Waals surface area contributed by atoms with Crippen LogP contribution < -0.4 is 22.5 Å². The molecule has 0 aliphatic rings. The Balaban J connectivity index is 2.59. The number of carbonyl (C=O) groups excluding carboxylic acids is 1. The second kappa shape index (κ2) is 6.34. The molecule has 94 valence electrons. The highest BCUT2D eigenvalue weighted by atomic mass is 16.1. The highest BCUT2D eigenvalue weighted by Gasteiger charge is 2.11. The summed E-state index contributed by atoms with van der Waals surface area (Å²) in [6, 6.07) is 7.13. The predicted octanol–water partition coefficient (Wildman–Crippen LogP) is 0.148. The van der Waals surface area contributed by atoms with Crippen molar-refractivity contribution >= 4 is 11.5 Å². The van der Waals surface area contributed by atoms with E-state index in [9.17, 15) is 4.79 Å². The number of hydrogen-bond acceptors (Lipinski definition) is 5. The van der Waals surface area contributed by atoms with Gasteiger partial charge in [-0.05, 0) is 24.1 Å². The Kier molecular flexibility index (Phi) is 5.09. The van der Waals surface area contributed by atoms with E-state index in [0.717, 1.165) is 11.3 Å². The highest BCUT2D eigenvalue weighted by Crippen LogP contribution is 2.11. The van der Waals surface area contributed by atoms with E-state index in [-0.39, 0.29) is 5.78 Å². The van der Waals surface area contributed by atoms with Crippen LogP contribution in [-0.2, 0) is 11.2 Å². The number of ketones is 1. The van der Waals surface area contributed by atoms with Crippen molar-refractivity contribution < 1.29 is 4.79 Å². The molecule has 5 heteroatoms. The van der Waals surface area contributed by atoms with Crippen LogP contribution in [0.25, 0.3) is 0 Å². The fraction of sp³-hybridized carbons (Fsp3) is 0.417. The van der Waals surface area contributed by atoms with Crippen molar-refractivity contribution in [1.82, 2.24) is 0 Å². The van der Waals surface area contributed by atoms with Crippen molar-refractivity contribution in [2.45, 2.75) is 32.1 Å². The third-order valence-corrected chi connectivity index (χ3v) is 2.50. The molecule has 0 radical (unpaired) electrons. The quantitative estimate of drug-likeness (QED) is 0.526. The van der Waals surface area contributed by atoms with E-state index in [1.807, 2.05) is 31.2 Å². The van der Waals surface area contributed by atoms with Crippen molar-refractivity contribution in [3.8, 4) is 0 Å². The molecule has 0 spiro atoms. The van der Waals surface area contributed by atoms with Gasteiger partial charge in [0.25, 0.3) is 0 Å². The van der Waals surface area contributed by atoms with Crippen LogP contribution in [-0.4, -0.2) is 18.1 Å². The molecule has 0 saturated heterocycles. The van der Waals surface area contributed by atoms with Crippen molar-refractivity contribution in [3.63, 3.8) is 0 Å². The largest absolute Gasteiger partial charge is 0.358 e. The Morgan fingerprint density at radius 3 is 2.29 bits per heavy atom. The molecule has 7 N–H and O–H groups in total. The van der Waals surface area contributed by atoms with Gasteiger partial charge in [0, 0.05) is 12.1 Å². The van der Waals surface area contributed by atoms with Gasteiger partial charge in [-0.2, -0.15) is 0 Å². The number of hydrogen-bond donors (Lipinski definition) is 4. The fourth-order valence-electron chi connectivity index (χ4n) is 1.56. The summed E-state index contributed by atoms with van der Waals surface area (Å²) in [5.74, 6) is 0.0798. The van der Waals surface area contributed by atoms with E-state index in [1.54, 1.807) is 0 Å². The molecule has 0 saturated carbocycles. The first-order valence-electron chi connectivity index (χ1n) is 5.68. The molecule has 0 aliphatic carbocycles. The molecule has 0 aliphatic heterocycles. The lowest BCUT2D eigenvalue weighted by Crippen LogP contribution is -2.38. The molecule has 1 aromatic rings. The Bertz CT molecular complexity index is 361. The van der Waals surface area contributed by atoms with Gasteiger partial charge in [0.1, 0.15) is 12.1 Å². The van der Waals surface area contributed by atoms with Crippen LogP contribution in [0.5, 0.6) is 0 Å². The minimum absolute atomic E-state index is 0.0798. The van der Waals surface area contributed by atoms with E-state index >= 15 is 0 Å². The molecule has 1 rings (SSSR count). The molecule has 1 atom stereocenters. The molecular weight excluding hydrogens is 216 g/mol. The number of rotatable bonds is 6. The van der Waals surface area contributed by atoms with Crippen LogP contribution in [0, 0.1) is 0 Å². The van der Waals surface area contributed by atoms with Crippen LogP contribution in [0.3, 0.4) is 0 Å². The Morgan fingerprint density at radius 2 is 1.82 bits per heavy atom. The second-order valence-corrected chi connectivity index (χ2v) is 4.00. The third kappa shape index (κ3) is 4.52. The maximum atomic E-state index is 11.4. The molecule has 0 aromatic heterocycles. The number of anilines is 1. The number of nitrogens with one attached hydrogen (secondary N) is 1. The fourth-order valence-corrected chi connectivity index (χ4v) is 1.56. The summed E-state index contributed by atoms with van der Waals surface area (Å²) in [4.78, 5) is 11.4. The summed E-state index contributed by atoms with van der Waals surface area (Å²) >= 11 is 0. The molecule has 1 unspecified atom stereocenters. The lowest BCUT2D eigenvalue weighted by Gasteiger charge is -2.12. The SMILES string of the molecule is CCC(=O)C(N)Cc1ccc(NC(N)N)cc1. The van der Waals surface area contributed by atoms with Crippen LogP contribution in [0.1, 0.15) is 18.9 Å². The van der Waals surface area contributed by atoms with Crippen LogP contribution in [0.2, 0.25) is 0 Å². The maximum Gasteiger partial charge on any atom is 0.149 e. The monoisotopic (exact) mass is 236 g/mol. The summed E-state index contributed by atoms with van der Waals surface area (Å²) < 4.78 is 0. The summed E-state index contributed by atoms with van der Waals surface area (Å²) in [6.45, 7) is 1.82. The average molecular weight is 236 g/mol. The zero-order chi connectivity index (χ0) is 12.8. The van der Waals surface area contributed by atoms with E-state index in [4.69, 9.17) is 17.2 Å². The molecule has 1 aromatic carbocycles. The lowest BCUT2D eigenvalue weighted by atomic mass is 10.0. The van der Waals surface area contributed by atoms with Crippen molar-refractivity contribution in [3.05, 3.63) is 29.8 Å². The zero-order valence-electron chi connectivity index (χ0n) is 10.0. The molecule has 0 amide bonds. The Hall–Kier alpha value is -1.43. The van der Waals surface area contributed by atoms with Crippen molar-refractivity contribution in [1.29, 1.82) is 0 Å². The second-order valence-electron chi connectivity index (χ2n) is 4.00. The normalized spacial score (nSPS) is 12.5. The van der Waals surface area contributed by atoms with E-state index < -0.39 is 12.3 Å². The third-order valence-electron chi connectivity index (χ3n) is 2.50. The summed E-state index contributed by atoms with van der Waals surface area (Å²) in [7, 11) is 0. The zero-order valence-corrected chi connectivity index (χ0v) is 10.0. The maximum absolute atomic E-state index is 11.4. The van der Waals surface area contributed by atoms with Gasteiger partial charge in [-0.25, -0.2) is 0 Å². The Labute approximate surface area is 101 Å². The van der Waals surface area contributed by atoms with E-state index in [0.29, 0.717) is 12.8 Å². The van der Waals surface area contributed by atoms with Crippen LogP contribution >= 0.6 is 0 Å². The topological polar surface area (TPSA) is 107 Å². The molecule has 0 heterocycles. The van der Waals surface area contributed by atoms with Gasteiger partial charge in [0.2, 0.25) is 0 Å². The predicted molar refractivity (Wildman–Crippen MR) is 69.2 cm³/mol. The number of carbonyl (C=O) groups is 1. The molecule has 17 heavy (non-hydrogen) atoms. The first kappa shape index (κ1) is 13.6. The first-order chi connectivity index (χ1) is 8.02. The summed E-state index contributed by atoms with van der Waals surface area (Å²) in [6.07, 6.45) is 0.453. The van der Waals surface area contributed by atoms with E-state index in [1.165, 1.54) is 0 Å². The summed E-state index contributed by atoms with van der Waals surface area (Å²) in [5.41, 5.74) is 18.4. The van der Waals surface area contributed by atoms with Gasteiger partial charge in [-0.3, -0.25) is 16.3 Å². The number of Topliss-reactive ketones (excluding diaryl/α,β-unsaturated/α-hetero) is 1. The molecule has 0 fully saturated rings. The van der Waals surface area contributed by atoms with Gasteiger partial charge in [0.05, 0.1) is 6.04 Å². The van der Waals surface area contributed by atoms with E-state index in [2.05, 4.69) is 5.32 Å². The minimum atomic E-state index is -0.579. The number of nitrogens with two attached hydrogens (primary N) is 3. The molecular formula is C12H20N4O. The number of benzene rings is 1. The van der Waals surface area contributed by atoms with Crippen LogP contribution in [0.4, 0.5) is 5.69 Å².